The van der Waals surface area contributed by atoms with E-state index in [1.807, 2.05) is 12.1 Å². The van der Waals surface area contributed by atoms with Crippen molar-refractivity contribution >= 4 is 5.91 Å². The Morgan fingerprint density at radius 3 is 2.95 bits per heavy atom. The lowest BCUT2D eigenvalue weighted by Gasteiger charge is -2.24. The van der Waals surface area contributed by atoms with Gasteiger partial charge in [0.25, 0.3) is 0 Å². The summed E-state index contributed by atoms with van der Waals surface area (Å²) in [5.74, 6) is 0.888. The maximum Gasteiger partial charge on any atom is 0.237 e. The minimum absolute atomic E-state index is 0.0328. The summed E-state index contributed by atoms with van der Waals surface area (Å²) in [5.41, 5.74) is 2.58. The number of nitrogens with one attached hydrogen (secondary N) is 1. The topological polar surface area (TPSA) is 45.5 Å². The van der Waals surface area contributed by atoms with E-state index < -0.39 is 0 Å². The number of hydrogen-bond acceptors (Lipinski definition) is 3. The summed E-state index contributed by atoms with van der Waals surface area (Å²) in [6.45, 7) is 4.40. The van der Waals surface area contributed by atoms with Gasteiger partial charge in [-0.2, -0.15) is 0 Å². The molecule has 2 heterocycles. The van der Waals surface area contributed by atoms with Crippen LogP contribution in [0.15, 0.2) is 47.1 Å². The average Bonchev–Trinajstić information content (AvgIpc) is 3.18. The first-order chi connectivity index (χ1) is 10.7. The second-order valence-electron chi connectivity index (χ2n) is 5.85. The molecule has 0 bridgehead atoms. The van der Waals surface area contributed by atoms with Crippen molar-refractivity contribution in [3.63, 3.8) is 0 Å². The summed E-state index contributed by atoms with van der Waals surface area (Å²) < 4.78 is 5.26. The van der Waals surface area contributed by atoms with Crippen LogP contribution >= 0.6 is 0 Å². The number of rotatable bonds is 5. The lowest BCUT2D eigenvalue weighted by atomic mass is 10.1. The van der Waals surface area contributed by atoms with Gasteiger partial charge in [-0.3, -0.25) is 9.69 Å². The molecule has 1 aromatic carbocycles. The van der Waals surface area contributed by atoms with Crippen LogP contribution in [0.25, 0.3) is 0 Å². The molecule has 1 amide bonds. The number of likely N-dealkylation sites (tertiary alicyclic amines) is 1. The molecule has 116 valence electrons. The third kappa shape index (κ3) is 3.39. The SMILES string of the molecule is Cc1ccccc1CN1CCC[C@@H]1C(=O)NCc1ccco1. The molecule has 1 saturated heterocycles. The van der Waals surface area contributed by atoms with Gasteiger partial charge in [0.15, 0.2) is 0 Å². The standard InChI is InChI=1S/C18H22N2O2/c1-14-6-2-3-7-15(14)13-20-10-4-9-17(20)18(21)19-12-16-8-5-11-22-16/h2-3,5-8,11,17H,4,9-10,12-13H2,1H3,(H,19,21)/t17-/m1/s1. The Labute approximate surface area is 131 Å². The first kappa shape index (κ1) is 14.9. The molecule has 0 spiro atoms. The van der Waals surface area contributed by atoms with E-state index in [9.17, 15) is 4.79 Å². The lowest BCUT2D eigenvalue weighted by molar-refractivity contribution is -0.125. The van der Waals surface area contributed by atoms with Crippen LogP contribution in [-0.4, -0.2) is 23.4 Å². The van der Waals surface area contributed by atoms with Gasteiger partial charge in [-0.15, -0.1) is 0 Å². The molecule has 0 saturated carbocycles. The quantitative estimate of drug-likeness (QED) is 0.923. The number of nitrogens with zero attached hydrogens (tertiary/aromatic N) is 1. The van der Waals surface area contributed by atoms with Crippen molar-refractivity contribution in [3.8, 4) is 0 Å². The lowest BCUT2D eigenvalue weighted by Crippen LogP contribution is -2.42. The molecule has 1 fully saturated rings. The summed E-state index contributed by atoms with van der Waals surface area (Å²) in [4.78, 5) is 14.7. The molecule has 0 aliphatic carbocycles. The van der Waals surface area contributed by atoms with Crippen LogP contribution < -0.4 is 5.32 Å². The Kier molecular flexibility index (Phi) is 4.59. The number of aryl methyl sites for hydroxylation is 1. The normalized spacial score (nSPS) is 18.5. The van der Waals surface area contributed by atoms with E-state index in [0.717, 1.165) is 31.7 Å². The van der Waals surface area contributed by atoms with Crippen molar-refractivity contribution in [1.29, 1.82) is 0 Å². The minimum atomic E-state index is -0.0328. The van der Waals surface area contributed by atoms with Crippen LogP contribution in [-0.2, 0) is 17.9 Å². The van der Waals surface area contributed by atoms with E-state index in [1.54, 1.807) is 6.26 Å². The molecule has 0 radical (unpaired) electrons. The molecular weight excluding hydrogens is 276 g/mol. The molecule has 1 atom stereocenters. The summed E-state index contributed by atoms with van der Waals surface area (Å²) in [6, 6.07) is 12.1. The minimum Gasteiger partial charge on any atom is -0.467 e. The zero-order chi connectivity index (χ0) is 15.4. The highest BCUT2D eigenvalue weighted by atomic mass is 16.3. The second kappa shape index (κ2) is 6.79. The van der Waals surface area contributed by atoms with E-state index >= 15 is 0 Å². The summed E-state index contributed by atoms with van der Waals surface area (Å²) >= 11 is 0. The highest BCUT2D eigenvalue weighted by Crippen LogP contribution is 2.21. The number of amides is 1. The molecule has 1 aliphatic rings. The first-order valence-corrected chi connectivity index (χ1v) is 7.82. The number of furan rings is 1. The van der Waals surface area contributed by atoms with E-state index in [4.69, 9.17) is 4.42 Å². The Morgan fingerprint density at radius 1 is 1.32 bits per heavy atom. The third-order valence-electron chi connectivity index (χ3n) is 4.32. The van der Waals surface area contributed by atoms with Crippen LogP contribution in [0.2, 0.25) is 0 Å². The van der Waals surface area contributed by atoms with E-state index in [-0.39, 0.29) is 11.9 Å². The largest absolute Gasteiger partial charge is 0.467 e. The molecule has 0 unspecified atom stereocenters. The molecule has 1 aromatic heterocycles. The van der Waals surface area contributed by atoms with E-state index in [2.05, 4.69) is 41.4 Å². The van der Waals surface area contributed by atoms with Gasteiger partial charge in [-0.25, -0.2) is 0 Å². The Balaban J connectivity index is 1.60. The fourth-order valence-electron chi connectivity index (χ4n) is 3.02. The summed E-state index contributed by atoms with van der Waals surface area (Å²) in [7, 11) is 0. The van der Waals surface area contributed by atoms with Gasteiger partial charge in [0.05, 0.1) is 18.8 Å². The van der Waals surface area contributed by atoms with Crippen molar-refractivity contribution in [1.82, 2.24) is 10.2 Å². The average molecular weight is 298 g/mol. The second-order valence-corrected chi connectivity index (χ2v) is 5.85. The van der Waals surface area contributed by atoms with Gasteiger partial charge in [0, 0.05) is 6.54 Å². The predicted octanol–water partition coefficient (Wildman–Crippen LogP) is 2.87. The highest BCUT2D eigenvalue weighted by molar-refractivity contribution is 5.81. The predicted molar refractivity (Wildman–Crippen MR) is 85.2 cm³/mol. The van der Waals surface area contributed by atoms with Crippen LogP contribution in [0.1, 0.15) is 29.7 Å². The monoisotopic (exact) mass is 298 g/mol. The molecule has 3 rings (SSSR count). The highest BCUT2D eigenvalue weighted by Gasteiger charge is 2.30. The molecule has 1 aliphatic heterocycles. The van der Waals surface area contributed by atoms with Gasteiger partial charge in [0.2, 0.25) is 5.91 Å². The van der Waals surface area contributed by atoms with Crippen molar-refractivity contribution in [2.24, 2.45) is 0 Å². The van der Waals surface area contributed by atoms with E-state index in [1.165, 1.54) is 11.1 Å². The number of carbonyl (C=O) groups is 1. The zero-order valence-corrected chi connectivity index (χ0v) is 12.9. The van der Waals surface area contributed by atoms with Crippen molar-refractivity contribution in [2.45, 2.75) is 38.9 Å². The van der Waals surface area contributed by atoms with E-state index in [0.29, 0.717) is 6.54 Å². The van der Waals surface area contributed by atoms with Gasteiger partial charge in [-0.1, -0.05) is 24.3 Å². The Bertz CT molecular complexity index is 622. The summed E-state index contributed by atoms with van der Waals surface area (Å²) in [5, 5.41) is 2.98. The summed E-state index contributed by atoms with van der Waals surface area (Å²) in [6.07, 6.45) is 3.63. The first-order valence-electron chi connectivity index (χ1n) is 7.82. The van der Waals surface area contributed by atoms with Gasteiger partial charge in [-0.05, 0) is 49.6 Å². The molecule has 1 N–H and O–H groups in total. The van der Waals surface area contributed by atoms with Gasteiger partial charge < -0.3 is 9.73 Å². The van der Waals surface area contributed by atoms with Crippen molar-refractivity contribution in [3.05, 3.63) is 59.5 Å². The Hall–Kier alpha value is -2.07. The van der Waals surface area contributed by atoms with Crippen LogP contribution in [0.3, 0.4) is 0 Å². The number of carbonyl (C=O) groups excluding carboxylic acids is 1. The maximum absolute atomic E-state index is 12.4. The fraction of sp³-hybridized carbons (Fsp3) is 0.389. The van der Waals surface area contributed by atoms with Crippen molar-refractivity contribution in [2.75, 3.05) is 6.54 Å². The number of benzene rings is 1. The molecular formula is C18H22N2O2. The van der Waals surface area contributed by atoms with Crippen LogP contribution in [0.5, 0.6) is 0 Å². The fourth-order valence-corrected chi connectivity index (χ4v) is 3.02. The smallest absolute Gasteiger partial charge is 0.237 e. The molecule has 22 heavy (non-hydrogen) atoms. The van der Waals surface area contributed by atoms with Gasteiger partial charge >= 0.3 is 0 Å². The zero-order valence-electron chi connectivity index (χ0n) is 12.9. The van der Waals surface area contributed by atoms with Crippen LogP contribution in [0.4, 0.5) is 0 Å². The molecule has 2 aromatic rings. The number of hydrogen-bond donors (Lipinski definition) is 1. The Morgan fingerprint density at radius 2 is 2.18 bits per heavy atom. The maximum atomic E-state index is 12.4. The van der Waals surface area contributed by atoms with Crippen molar-refractivity contribution < 1.29 is 9.21 Å². The molecule has 4 heteroatoms. The van der Waals surface area contributed by atoms with Crippen LogP contribution in [0, 0.1) is 6.92 Å². The van der Waals surface area contributed by atoms with Gasteiger partial charge in [0.1, 0.15) is 5.76 Å². The molecule has 4 nitrogen and oxygen atoms in total. The third-order valence-corrected chi connectivity index (χ3v) is 4.32.